The number of ether oxygens (including phenoxy) is 1. The fraction of sp³-hybridized carbons (Fsp3) is 0.611. The van der Waals surface area contributed by atoms with Crippen LogP contribution >= 0.6 is 22.6 Å². The molecule has 0 saturated carbocycles. The molecule has 4 heteroatoms. The van der Waals surface area contributed by atoms with Gasteiger partial charge in [-0.05, 0) is 0 Å². The zero-order chi connectivity index (χ0) is 16.8. The summed E-state index contributed by atoms with van der Waals surface area (Å²) in [5, 5.41) is 0. The summed E-state index contributed by atoms with van der Waals surface area (Å²) in [5.41, 5.74) is -0.371. The Labute approximate surface area is 153 Å². The van der Waals surface area contributed by atoms with E-state index in [1.54, 1.807) is 3.58 Å². The van der Waals surface area contributed by atoms with Crippen molar-refractivity contribution in [3.05, 3.63) is 30.3 Å². The van der Waals surface area contributed by atoms with Crippen LogP contribution in [0.4, 0.5) is 0 Å². The summed E-state index contributed by atoms with van der Waals surface area (Å²) in [6, 6.07) is 11.0. The molecule has 0 N–H and O–H groups in total. The van der Waals surface area contributed by atoms with Crippen molar-refractivity contribution in [2.24, 2.45) is 0 Å². The third-order valence-corrected chi connectivity index (χ3v) is 14.8. The summed E-state index contributed by atoms with van der Waals surface area (Å²) < 4.78 is 8.86. The molecule has 1 aromatic rings. The van der Waals surface area contributed by atoms with Crippen LogP contribution in [0, 0.1) is 0 Å². The number of esters is 1. The van der Waals surface area contributed by atoms with Crippen LogP contribution in [-0.2, 0) is 9.53 Å². The van der Waals surface area contributed by atoms with Crippen molar-refractivity contribution in [1.82, 2.24) is 0 Å². The molecule has 0 heterocycles. The van der Waals surface area contributed by atoms with Crippen molar-refractivity contribution in [1.29, 1.82) is 0 Å². The Hall–Kier alpha value is 0.219. The third kappa shape index (κ3) is 8.18. The van der Waals surface area contributed by atoms with Crippen molar-refractivity contribution in [2.45, 2.75) is 63.9 Å². The van der Waals surface area contributed by atoms with Crippen LogP contribution in [0.15, 0.2) is 30.3 Å². The molecule has 22 heavy (non-hydrogen) atoms. The normalized spacial score (nSPS) is 13.7. The van der Waals surface area contributed by atoms with E-state index < -0.39 is 18.4 Å². The van der Waals surface area contributed by atoms with Gasteiger partial charge in [0, 0.05) is 0 Å². The number of alkyl halides is 1. The Morgan fingerprint density at radius 1 is 1.18 bits per heavy atom. The van der Waals surface area contributed by atoms with Gasteiger partial charge in [-0.3, -0.25) is 0 Å². The summed E-state index contributed by atoms with van der Waals surface area (Å²) in [6.45, 7) is 5.76. The Morgan fingerprint density at radius 3 is 2.32 bits per heavy atom. The molecule has 2 nitrogen and oxygen atoms in total. The summed E-state index contributed by atoms with van der Waals surface area (Å²) in [6.07, 6.45) is 2.67. The van der Waals surface area contributed by atoms with E-state index in [4.69, 9.17) is 4.74 Å². The molecule has 0 saturated heterocycles. The zero-order valence-corrected chi connectivity index (χ0v) is 19.5. The standard InChI is InChI=1S/C10H18IO2.C6H5.2CH3.Sn/c1-5-8(11)6-7-9(12)13-10(2,3)4;1-2-4-6-5-3-1;;;/h8H,1,5-7H2,2-4H3;1-5H;2*1H3;. The molecule has 0 aliphatic heterocycles. The zero-order valence-electron chi connectivity index (χ0n) is 14.5. The van der Waals surface area contributed by atoms with Gasteiger partial charge in [-0.1, -0.05) is 0 Å². The molecule has 124 valence electrons. The van der Waals surface area contributed by atoms with Crippen LogP contribution in [0.1, 0.15) is 40.0 Å². The van der Waals surface area contributed by atoms with E-state index in [1.807, 2.05) is 20.8 Å². The molecular formula is C18H29IO2Sn. The van der Waals surface area contributed by atoms with Crippen LogP contribution in [0.2, 0.25) is 14.3 Å². The molecule has 0 aliphatic carbocycles. The van der Waals surface area contributed by atoms with E-state index in [0.717, 1.165) is 6.42 Å². The van der Waals surface area contributed by atoms with E-state index >= 15 is 0 Å². The van der Waals surface area contributed by atoms with Crippen LogP contribution in [0.3, 0.4) is 0 Å². The first-order chi connectivity index (χ1) is 10.1. The van der Waals surface area contributed by atoms with Crippen LogP contribution in [-0.4, -0.2) is 33.9 Å². The Kier molecular flexibility index (Phi) is 8.20. The first-order valence-electron chi connectivity index (χ1n) is 8.01. The summed E-state index contributed by atoms with van der Waals surface area (Å²) >= 11 is 0.354. The van der Waals surface area contributed by atoms with Crippen LogP contribution in [0.5, 0.6) is 0 Å². The van der Waals surface area contributed by atoms with Gasteiger partial charge in [0.1, 0.15) is 0 Å². The van der Waals surface area contributed by atoms with Gasteiger partial charge in [0.05, 0.1) is 0 Å². The number of benzene rings is 1. The van der Waals surface area contributed by atoms with Gasteiger partial charge in [0.2, 0.25) is 0 Å². The molecule has 0 amide bonds. The average molecular weight is 523 g/mol. The van der Waals surface area contributed by atoms with Gasteiger partial charge >= 0.3 is 154 Å². The average Bonchev–Trinajstić information content (AvgIpc) is 2.42. The van der Waals surface area contributed by atoms with Gasteiger partial charge in [0.15, 0.2) is 0 Å². The molecule has 1 atom stereocenters. The number of hydrogen-bond donors (Lipinski definition) is 0. The van der Waals surface area contributed by atoms with Crippen molar-refractivity contribution in [3.63, 3.8) is 0 Å². The quantitative estimate of drug-likeness (QED) is 0.220. The van der Waals surface area contributed by atoms with Gasteiger partial charge in [-0.25, -0.2) is 0 Å². The molecule has 0 radical (unpaired) electrons. The number of carbonyl (C=O) groups is 1. The Balaban J connectivity index is 2.37. The fourth-order valence-electron chi connectivity index (χ4n) is 2.36. The molecule has 1 unspecified atom stereocenters. The maximum absolute atomic E-state index is 11.8. The number of carbonyl (C=O) groups excluding carboxylic acids is 1. The summed E-state index contributed by atoms with van der Waals surface area (Å²) in [5.74, 6) is -0.0694. The second kappa shape index (κ2) is 8.90. The molecule has 1 rings (SSSR count). The Bertz CT molecular complexity index is 466. The molecule has 0 bridgehead atoms. The van der Waals surface area contributed by atoms with E-state index in [0.29, 0.717) is 10.3 Å². The van der Waals surface area contributed by atoms with Crippen molar-refractivity contribution >= 4 is 50.5 Å². The molecular weight excluding hydrogens is 494 g/mol. The van der Waals surface area contributed by atoms with Crippen molar-refractivity contribution < 1.29 is 9.53 Å². The predicted octanol–water partition coefficient (Wildman–Crippen LogP) is 4.92. The molecule has 0 aliphatic rings. The molecule has 0 aromatic heterocycles. The first kappa shape index (κ1) is 20.3. The summed E-state index contributed by atoms with van der Waals surface area (Å²) in [4.78, 5) is 16.8. The monoisotopic (exact) mass is 524 g/mol. The van der Waals surface area contributed by atoms with Gasteiger partial charge in [-0.15, -0.1) is 0 Å². The first-order valence-corrected chi connectivity index (χ1v) is 18.4. The summed E-state index contributed by atoms with van der Waals surface area (Å²) in [7, 11) is 0. The minimum atomic E-state index is -2.14. The van der Waals surface area contributed by atoms with Crippen molar-refractivity contribution in [2.75, 3.05) is 0 Å². The van der Waals surface area contributed by atoms with E-state index in [2.05, 4.69) is 62.8 Å². The fourth-order valence-corrected chi connectivity index (χ4v) is 11.7. The van der Waals surface area contributed by atoms with Gasteiger partial charge in [0.25, 0.3) is 0 Å². The van der Waals surface area contributed by atoms with E-state index in [1.165, 1.54) is 10.9 Å². The van der Waals surface area contributed by atoms with Crippen LogP contribution < -0.4 is 3.58 Å². The second-order valence-electron chi connectivity index (χ2n) is 7.51. The SMILES string of the molecule is CC(C)(C)OC(=O)CCC(I)C[CH2][Sn]([CH3])([CH3])[c]1ccccc1. The number of rotatable bonds is 7. The second-order valence-corrected chi connectivity index (χ2v) is 23.1. The van der Waals surface area contributed by atoms with E-state index in [9.17, 15) is 4.79 Å². The molecule has 0 spiro atoms. The van der Waals surface area contributed by atoms with Crippen molar-refractivity contribution in [3.8, 4) is 0 Å². The van der Waals surface area contributed by atoms with Crippen LogP contribution in [0.25, 0.3) is 0 Å². The number of hydrogen-bond acceptors (Lipinski definition) is 2. The number of halogens is 1. The molecule has 1 aromatic carbocycles. The van der Waals surface area contributed by atoms with Gasteiger partial charge in [-0.2, -0.15) is 0 Å². The maximum atomic E-state index is 11.8. The Morgan fingerprint density at radius 2 is 1.77 bits per heavy atom. The van der Waals surface area contributed by atoms with E-state index in [-0.39, 0.29) is 11.6 Å². The van der Waals surface area contributed by atoms with Gasteiger partial charge < -0.3 is 0 Å². The third-order valence-electron chi connectivity index (χ3n) is 3.72. The predicted molar refractivity (Wildman–Crippen MR) is 106 cm³/mol. The topological polar surface area (TPSA) is 26.3 Å². The molecule has 0 fully saturated rings. The minimum absolute atomic E-state index is 0.0694.